The number of hydrogen-bond acceptors (Lipinski definition) is 1. The summed E-state index contributed by atoms with van der Waals surface area (Å²) in [7, 11) is 0. The Bertz CT molecular complexity index is 701. The molecule has 1 aliphatic heterocycles. The summed E-state index contributed by atoms with van der Waals surface area (Å²) >= 11 is 0. The Morgan fingerprint density at radius 3 is 2.26 bits per heavy atom. The molecule has 1 aliphatic rings. The summed E-state index contributed by atoms with van der Waals surface area (Å²) in [6, 6.07) is 17.0. The van der Waals surface area contributed by atoms with E-state index in [-0.39, 0.29) is 5.82 Å². The van der Waals surface area contributed by atoms with Gasteiger partial charge in [-0.3, -0.25) is 0 Å². The standard InChI is InChI=1S/C19H18FN.C2H6/c1-13-12-17(15-8-4-3-5-9-15)19(21-14(13)2)16-10-6-7-11-18(16)20;1-2/h3-11,13,21H,2,12H2,1H3;1-2H3. The van der Waals surface area contributed by atoms with Gasteiger partial charge in [0.05, 0.1) is 5.70 Å². The molecule has 0 amide bonds. The number of allylic oxidation sites excluding steroid dienone is 2. The van der Waals surface area contributed by atoms with E-state index in [4.69, 9.17) is 0 Å². The summed E-state index contributed by atoms with van der Waals surface area (Å²) in [5.74, 6) is 0.117. The number of hydrogen-bond donors (Lipinski definition) is 1. The lowest BCUT2D eigenvalue weighted by Crippen LogP contribution is -2.24. The van der Waals surface area contributed by atoms with Gasteiger partial charge in [-0.2, -0.15) is 0 Å². The van der Waals surface area contributed by atoms with Crippen molar-refractivity contribution in [3.05, 3.63) is 83.8 Å². The summed E-state index contributed by atoms with van der Waals surface area (Å²) in [6.07, 6.45) is 0.861. The molecule has 3 rings (SSSR count). The third-order valence-electron chi connectivity index (χ3n) is 3.96. The van der Waals surface area contributed by atoms with Gasteiger partial charge in [0, 0.05) is 11.3 Å². The van der Waals surface area contributed by atoms with Crippen LogP contribution >= 0.6 is 0 Å². The molecule has 0 radical (unpaired) electrons. The molecule has 2 heteroatoms. The molecular formula is C21H24FN. The molecule has 1 atom stereocenters. The molecule has 0 spiro atoms. The van der Waals surface area contributed by atoms with Crippen molar-refractivity contribution in [3.63, 3.8) is 0 Å². The monoisotopic (exact) mass is 309 g/mol. The van der Waals surface area contributed by atoms with Crippen LogP contribution < -0.4 is 5.32 Å². The van der Waals surface area contributed by atoms with E-state index in [0.29, 0.717) is 11.5 Å². The number of rotatable bonds is 2. The maximum absolute atomic E-state index is 14.2. The molecule has 2 aromatic rings. The van der Waals surface area contributed by atoms with E-state index >= 15 is 0 Å². The molecule has 0 aromatic heterocycles. The van der Waals surface area contributed by atoms with Crippen molar-refractivity contribution in [1.29, 1.82) is 0 Å². The van der Waals surface area contributed by atoms with Gasteiger partial charge >= 0.3 is 0 Å². The summed E-state index contributed by atoms with van der Waals surface area (Å²) in [5.41, 5.74) is 4.64. The first-order valence-electron chi connectivity index (χ1n) is 8.16. The Hall–Kier alpha value is -2.35. The Labute approximate surface area is 138 Å². The van der Waals surface area contributed by atoms with Crippen LogP contribution in [0.5, 0.6) is 0 Å². The molecule has 1 heterocycles. The second-order valence-corrected chi connectivity index (χ2v) is 5.45. The summed E-state index contributed by atoms with van der Waals surface area (Å²) in [5, 5.41) is 3.32. The van der Waals surface area contributed by atoms with Crippen LogP contribution in [-0.4, -0.2) is 0 Å². The zero-order chi connectivity index (χ0) is 16.8. The molecule has 120 valence electrons. The van der Waals surface area contributed by atoms with Gasteiger partial charge in [0.25, 0.3) is 0 Å². The van der Waals surface area contributed by atoms with Crippen molar-refractivity contribution in [3.8, 4) is 0 Å². The molecule has 0 aliphatic carbocycles. The molecule has 1 unspecified atom stereocenters. The minimum absolute atomic E-state index is 0.212. The fraction of sp³-hybridized carbons (Fsp3) is 0.238. The molecule has 0 fully saturated rings. The van der Waals surface area contributed by atoms with Crippen LogP contribution in [0.4, 0.5) is 4.39 Å². The highest BCUT2D eigenvalue weighted by Gasteiger charge is 2.23. The van der Waals surface area contributed by atoms with Gasteiger partial charge in [-0.25, -0.2) is 4.39 Å². The van der Waals surface area contributed by atoms with E-state index in [1.54, 1.807) is 6.07 Å². The van der Waals surface area contributed by atoms with Crippen molar-refractivity contribution in [2.45, 2.75) is 27.2 Å². The van der Waals surface area contributed by atoms with Crippen LogP contribution in [0.1, 0.15) is 38.3 Å². The maximum Gasteiger partial charge on any atom is 0.132 e. The van der Waals surface area contributed by atoms with Crippen LogP contribution in [-0.2, 0) is 0 Å². The second kappa shape index (κ2) is 7.77. The van der Waals surface area contributed by atoms with Gasteiger partial charge in [-0.15, -0.1) is 0 Å². The summed E-state index contributed by atoms with van der Waals surface area (Å²) in [6.45, 7) is 10.2. The first-order chi connectivity index (χ1) is 11.2. The normalized spacial score (nSPS) is 17.2. The lowest BCUT2D eigenvalue weighted by Gasteiger charge is -2.29. The number of benzene rings is 2. The minimum Gasteiger partial charge on any atom is -0.358 e. The highest BCUT2D eigenvalue weighted by Crippen LogP contribution is 2.37. The molecule has 1 nitrogen and oxygen atoms in total. The first kappa shape index (κ1) is 17.0. The second-order valence-electron chi connectivity index (χ2n) is 5.45. The van der Waals surface area contributed by atoms with Gasteiger partial charge < -0.3 is 5.32 Å². The Balaban J connectivity index is 0.000000924. The molecule has 0 bridgehead atoms. The topological polar surface area (TPSA) is 12.0 Å². The van der Waals surface area contributed by atoms with Gasteiger partial charge in [0.15, 0.2) is 0 Å². The van der Waals surface area contributed by atoms with Crippen LogP contribution in [0.15, 0.2) is 66.9 Å². The van der Waals surface area contributed by atoms with Crippen molar-refractivity contribution >= 4 is 11.3 Å². The highest BCUT2D eigenvalue weighted by molar-refractivity contribution is 5.92. The van der Waals surface area contributed by atoms with E-state index in [0.717, 1.165) is 29.0 Å². The minimum atomic E-state index is -0.212. The SMILES string of the molecule is C=C1NC(c2ccccc2F)=C(c2ccccc2)CC1C.CC. The summed E-state index contributed by atoms with van der Waals surface area (Å²) in [4.78, 5) is 0. The third kappa shape index (κ3) is 3.70. The smallest absolute Gasteiger partial charge is 0.132 e. The fourth-order valence-electron chi connectivity index (χ4n) is 2.69. The quantitative estimate of drug-likeness (QED) is 0.732. The highest BCUT2D eigenvalue weighted by atomic mass is 19.1. The van der Waals surface area contributed by atoms with Gasteiger partial charge in [0.1, 0.15) is 5.82 Å². The Morgan fingerprint density at radius 2 is 1.61 bits per heavy atom. The van der Waals surface area contributed by atoms with Crippen molar-refractivity contribution in [1.82, 2.24) is 5.32 Å². The molecule has 23 heavy (non-hydrogen) atoms. The predicted molar refractivity (Wildman–Crippen MR) is 97.1 cm³/mol. The lowest BCUT2D eigenvalue weighted by molar-refractivity contribution is 0.615. The van der Waals surface area contributed by atoms with Crippen molar-refractivity contribution in [2.24, 2.45) is 5.92 Å². The summed E-state index contributed by atoms with van der Waals surface area (Å²) < 4.78 is 14.2. The average molecular weight is 309 g/mol. The van der Waals surface area contributed by atoms with Crippen LogP contribution in [0, 0.1) is 11.7 Å². The molecule has 0 saturated heterocycles. The predicted octanol–water partition coefficient (Wildman–Crippen LogP) is 5.86. The average Bonchev–Trinajstić information content (AvgIpc) is 2.60. The Kier molecular flexibility index (Phi) is 5.75. The van der Waals surface area contributed by atoms with Gasteiger partial charge in [-0.05, 0) is 35.6 Å². The molecule has 2 aromatic carbocycles. The first-order valence-corrected chi connectivity index (χ1v) is 8.16. The lowest BCUT2D eigenvalue weighted by atomic mass is 9.86. The van der Waals surface area contributed by atoms with E-state index in [2.05, 4.69) is 31.0 Å². The van der Waals surface area contributed by atoms with Gasteiger partial charge in [0.2, 0.25) is 0 Å². The van der Waals surface area contributed by atoms with E-state index < -0.39 is 0 Å². The van der Waals surface area contributed by atoms with Crippen LogP contribution in [0.2, 0.25) is 0 Å². The zero-order valence-corrected chi connectivity index (χ0v) is 14.1. The van der Waals surface area contributed by atoms with Gasteiger partial charge in [-0.1, -0.05) is 69.8 Å². The molecule has 0 saturated carbocycles. The van der Waals surface area contributed by atoms with E-state index in [1.165, 1.54) is 6.07 Å². The van der Waals surface area contributed by atoms with Crippen molar-refractivity contribution in [2.75, 3.05) is 0 Å². The molecular weight excluding hydrogens is 285 g/mol. The Morgan fingerprint density at radius 1 is 1.00 bits per heavy atom. The van der Waals surface area contributed by atoms with E-state index in [9.17, 15) is 4.39 Å². The van der Waals surface area contributed by atoms with Crippen LogP contribution in [0.25, 0.3) is 11.3 Å². The largest absolute Gasteiger partial charge is 0.358 e. The third-order valence-corrected chi connectivity index (χ3v) is 3.96. The fourth-order valence-corrected chi connectivity index (χ4v) is 2.69. The van der Waals surface area contributed by atoms with Crippen molar-refractivity contribution < 1.29 is 4.39 Å². The zero-order valence-electron chi connectivity index (χ0n) is 14.1. The molecule has 1 N–H and O–H groups in total. The maximum atomic E-state index is 14.2. The van der Waals surface area contributed by atoms with E-state index in [1.807, 2.05) is 44.2 Å². The number of halogens is 1. The number of nitrogens with one attached hydrogen (secondary N) is 1. The van der Waals surface area contributed by atoms with Crippen LogP contribution in [0.3, 0.4) is 0 Å².